The molecule has 3 rings (SSSR count). The van der Waals surface area contributed by atoms with Gasteiger partial charge in [-0.25, -0.2) is 4.39 Å². The molecule has 0 radical (unpaired) electrons. The van der Waals surface area contributed by atoms with Gasteiger partial charge in [0.25, 0.3) is 5.91 Å². The Bertz CT molecular complexity index is 623. The molecule has 0 fully saturated rings. The lowest BCUT2D eigenvalue weighted by Gasteiger charge is -2.07. The first kappa shape index (κ1) is 11.7. The number of hydrogen-bond donors (Lipinski definition) is 1. The quantitative estimate of drug-likeness (QED) is 0.898. The van der Waals surface area contributed by atoms with E-state index >= 15 is 0 Å². The number of halogens is 1. The molecular weight excluding hydrogens is 245 g/mol. The van der Waals surface area contributed by atoms with Gasteiger partial charge in [-0.05, 0) is 48.0 Å². The largest absolute Gasteiger partial charge is 0.493 e. The van der Waals surface area contributed by atoms with E-state index < -0.39 is 0 Å². The van der Waals surface area contributed by atoms with Crippen molar-refractivity contribution in [1.29, 1.82) is 0 Å². The van der Waals surface area contributed by atoms with Crippen LogP contribution < -0.4 is 10.1 Å². The lowest BCUT2D eigenvalue weighted by Crippen LogP contribution is -2.11. The molecular formula is C15H12FNO2. The van der Waals surface area contributed by atoms with E-state index in [1.165, 1.54) is 24.3 Å². The first-order valence-electron chi connectivity index (χ1n) is 6.05. The zero-order chi connectivity index (χ0) is 13.2. The Morgan fingerprint density at radius 2 is 1.95 bits per heavy atom. The second-order valence-corrected chi connectivity index (χ2v) is 4.38. The van der Waals surface area contributed by atoms with Gasteiger partial charge in [0, 0.05) is 17.7 Å². The van der Waals surface area contributed by atoms with Crippen molar-refractivity contribution >= 4 is 11.6 Å². The Labute approximate surface area is 110 Å². The summed E-state index contributed by atoms with van der Waals surface area (Å²) in [7, 11) is 0. The van der Waals surface area contributed by atoms with Gasteiger partial charge in [0.1, 0.15) is 11.6 Å². The molecule has 4 heteroatoms. The number of ether oxygens (including phenoxy) is 1. The van der Waals surface area contributed by atoms with Crippen LogP contribution in [0.1, 0.15) is 15.9 Å². The summed E-state index contributed by atoms with van der Waals surface area (Å²) in [5, 5.41) is 2.79. The number of nitrogens with one attached hydrogen (secondary N) is 1. The topological polar surface area (TPSA) is 38.3 Å². The van der Waals surface area contributed by atoms with Crippen LogP contribution in [-0.2, 0) is 6.42 Å². The number of hydrogen-bond acceptors (Lipinski definition) is 2. The van der Waals surface area contributed by atoms with Crippen molar-refractivity contribution in [2.45, 2.75) is 6.42 Å². The van der Waals surface area contributed by atoms with E-state index in [1.807, 2.05) is 12.1 Å². The van der Waals surface area contributed by atoms with Crippen molar-refractivity contribution in [3.05, 3.63) is 59.4 Å². The number of amides is 1. The van der Waals surface area contributed by atoms with Gasteiger partial charge in [-0.3, -0.25) is 4.79 Å². The highest BCUT2D eigenvalue weighted by Crippen LogP contribution is 2.28. The number of fused-ring (bicyclic) bond motifs is 1. The van der Waals surface area contributed by atoms with Crippen molar-refractivity contribution < 1.29 is 13.9 Å². The molecule has 0 aliphatic carbocycles. The van der Waals surface area contributed by atoms with Gasteiger partial charge in [-0.1, -0.05) is 0 Å². The van der Waals surface area contributed by atoms with E-state index in [2.05, 4.69) is 5.32 Å². The summed E-state index contributed by atoms with van der Waals surface area (Å²) in [6, 6.07) is 11.0. The van der Waals surface area contributed by atoms with E-state index in [0.717, 1.165) is 23.4 Å². The smallest absolute Gasteiger partial charge is 0.255 e. The molecule has 0 unspecified atom stereocenters. The summed E-state index contributed by atoms with van der Waals surface area (Å²) in [4.78, 5) is 12.0. The molecule has 0 atom stereocenters. The molecule has 19 heavy (non-hydrogen) atoms. The van der Waals surface area contributed by atoms with Crippen LogP contribution >= 0.6 is 0 Å². The molecule has 3 nitrogen and oxygen atoms in total. The fraction of sp³-hybridized carbons (Fsp3) is 0.133. The van der Waals surface area contributed by atoms with Crippen LogP contribution in [0.15, 0.2) is 42.5 Å². The predicted molar refractivity (Wildman–Crippen MR) is 70.0 cm³/mol. The van der Waals surface area contributed by atoms with Crippen LogP contribution in [0, 0.1) is 5.82 Å². The highest BCUT2D eigenvalue weighted by molar-refractivity contribution is 6.04. The summed E-state index contributed by atoms with van der Waals surface area (Å²) in [6.45, 7) is 0.685. The minimum atomic E-state index is -0.355. The lowest BCUT2D eigenvalue weighted by atomic mass is 10.1. The third-order valence-corrected chi connectivity index (χ3v) is 3.05. The van der Waals surface area contributed by atoms with Crippen LogP contribution in [0.3, 0.4) is 0 Å². The highest BCUT2D eigenvalue weighted by atomic mass is 19.1. The molecule has 0 saturated carbocycles. The van der Waals surface area contributed by atoms with Gasteiger partial charge < -0.3 is 10.1 Å². The third kappa shape index (κ3) is 2.42. The van der Waals surface area contributed by atoms with Crippen molar-refractivity contribution in [3.63, 3.8) is 0 Å². The Kier molecular flexibility index (Phi) is 2.91. The zero-order valence-corrected chi connectivity index (χ0v) is 10.2. The maximum absolute atomic E-state index is 12.8. The van der Waals surface area contributed by atoms with E-state index in [-0.39, 0.29) is 11.7 Å². The maximum atomic E-state index is 12.8. The second-order valence-electron chi connectivity index (χ2n) is 4.38. The molecule has 0 saturated heterocycles. The average molecular weight is 257 g/mol. The molecule has 1 heterocycles. The molecule has 1 N–H and O–H groups in total. The summed E-state index contributed by atoms with van der Waals surface area (Å²) in [5.74, 6) is 0.268. The molecule has 1 amide bonds. The third-order valence-electron chi connectivity index (χ3n) is 3.05. The molecule has 0 aromatic heterocycles. The van der Waals surface area contributed by atoms with E-state index in [0.29, 0.717) is 12.2 Å². The van der Waals surface area contributed by atoms with Crippen LogP contribution in [-0.4, -0.2) is 12.5 Å². The predicted octanol–water partition coefficient (Wildman–Crippen LogP) is 3.01. The summed E-state index contributed by atoms with van der Waals surface area (Å²) >= 11 is 0. The SMILES string of the molecule is O=C(Nc1ccc2c(c1)CCO2)c1ccc(F)cc1. The minimum Gasteiger partial charge on any atom is -0.493 e. The van der Waals surface area contributed by atoms with Gasteiger partial charge in [-0.2, -0.15) is 0 Å². The Balaban J connectivity index is 1.77. The Morgan fingerprint density at radius 3 is 2.74 bits per heavy atom. The Morgan fingerprint density at radius 1 is 1.16 bits per heavy atom. The van der Waals surface area contributed by atoms with Gasteiger partial charge in [0.2, 0.25) is 0 Å². The number of carbonyl (C=O) groups excluding carboxylic acids is 1. The monoisotopic (exact) mass is 257 g/mol. The molecule has 0 bridgehead atoms. The number of rotatable bonds is 2. The van der Waals surface area contributed by atoms with Crippen LogP contribution in [0.2, 0.25) is 0 Å². The van der Waals surface area contributed by atoms with Gasteiger partial charge in [0.15, 0.2) is 0 Å². The molecule has 2 aromatic carbocycles. The van der Waals surface area contributed by atoms with Gasteiger partial charge >= 0.3 is 0 Å². The average Bonchev–Trinajstić information content (AvgIpc) is 2.87. The fourth-order valence-electron chi connectivity index (χ4n) is 2.07. The van der Waals surface area contributed by atoms with Gasteiger partial charge in [0.05, 0.1) is 6.61 Å². The fourth-order valence-corrected chi connectivity index (χ4v) is 2.07. The number of carbonyl (C=O) groups is 1. The molecule has 2 aromatic rings. The minimum absolute atomic E-state index is 0.251. The van der Waals surface area contributed by atoms with Crippen LogP contribution in [0.5, 0.6) is 5.75 Å². The van der Waals surface area contributed by atoms with E-state index in [1.54, 1.807) is 6.07 Å². The standard InChI is InChI=1S/C15H12FNO2/c16-12-3-1-10(2-4-12)15(18)17-13-5-6-14-11(9-13)7-8-19-14/h1-6,9H,7-8H2,(H,17,18). The summed E-state index contributed by atoms with van der Waals surface area (Å²) < 4.78 is 18.2. The first-order valence-corrected chi connectivity index (χ1v) is 6.05. The molecule has 0 spiro atoms. The van der Waals surface area contributed by atoms with E-state index in [9.17, 15) is 9.18 Å². The summed E-state index contributed by atoms with van der Waals surface area (Å²) in [5.41, 5.74) is 2.24. The van der Waals surface area contributed by atoms with Crippen molar-refractivity contribution in [1.82, 2.24) is 0 Å². The van der Waals surface area contributed by atoms with Crippen molar-refractivity contribution in [2.75, 3.05) is 11.9 Å². The normalized spacial score (nSPS) is 12.7. The second kappa shape index (κ2) is 4.72. The lowest BCUT2D eigenvalue weighted by molar-refractivity contribution is 0.102. The summed E-state index contributed by atoms with van der Waals surface area (Å²) in [6.07, 6.45) is 0.857. The number of benzene rings is 2. The molecule has 96 valence electrons. The van der Waals surface area contributed by atoms with Crippen LogP contribution in [0.4, 0.5) is 10.1 Å². The maximum Gasteiger partial charge on any atom is 0.255 e. The molecule has 1 aliphatic rings. The molecule has 1 aliphatic heterocycles. The highest BCUT2D eigenvalue weighted by Gasteiger charge is 2.13. The van der Waals surface area contributed by atoms with Gasteiger partial charge in [-0.15, -0.1) is 0 Å². The zero-order valence-electron chi connectivity index (χ0n) is 10.2. The first-order chi connectivity index (χ1) is 9.22. The Hall–Kier alpha value is -2.36. The number of anilines is 1. The van der Waals surface area contributed by atoms with Crippen LogP contribution in [0.25, 0.3) is 0 Å². The van der Waals surface area contributed by atoms with Crippen molar-refractivity contribution in [3.8, 4) is 5.75 Å². The van der Waals surface area contributed by atoms with E-state index in [4.69, 9.17) is 4.74 Å². The van der Waals surface area contributed by atoms with Crippen molar-refractivity contribution in [2.24, 2.45) is 0 Å².